The molecule has 1 aliphatic rings. The second kappa shape index (κ2) is 5.80. The van der Waals surface area contributed by atoms with Gasteiger partial charge in [-0.2, -0.15) is 0 Å². The van der Waals surface area contributed by atoms with E-state index < -0.39 is 0 Å². The summed E-state index contributed by atoms with van der Waals surface area (Å²) < 4.78 is 0. The number of rotatable bonds is 3. The van der Waals surface area contributed by atoms with Crippen LogP contribution in [-0.2, 0) is 0 Å². The van der Waals surface area contributed by atoms with E-state index in [1.54, 1.807) is 18.2 Å². The molecule has 1 heterocycles. The van der Waals surface area contributed by atoms with Gasteiger partial charge >= 0.3 is 0 Å². The van der Waals surface area contributed by atoms with E-state index in [1.165, 1.54) is 6.42 Å². The van der Waals surface area contributed by atoms with Crippen LogP contribution in [0.2, 0.25) is 0 Å². The highest BCUT2D eigenvalue weighted by Gasteiger charge is 2.27. The Labute approximate surface area is 115 Å². The molecule has 2 rings (SSSR count). The van der Waals surface area contributed by atoms with E-state index in [4.69, 9.17) is 0 Å². The van der Waals surface area contributed by atoms with Crippen molar-refractivity contribution in [2.45, 2.75) is 31.8 Å². The molecule has 1 aromatic rings. The maximum Gasteiger partial charge on any atom is 0.124 e. The highest BCUT2D eigenvalue weighted by molar-refractivity contribution is 5.45. The van der Waals surface area contributed by atoms with E-state index in [1.807, 2.05) is 6.92 Å². The quantitative estimate of drug-likeness (QED) is 0.878. The first-order valence-electron chi connectivity index (χ1n) is 6.92. The van der Waals surface area contributed by atoms with Gasteiger partial charge in [-0.1, -0.05) is 6.07 Å². The standard InChI is InChI=1S/C15H24N2O2/c1-11(15-13(18)7-4-8-14(15)19)17-9-5-6-12(10-17)16(2)3/h4,7-8,11-12,18-19H,5-6,9-10H2,1-3H3. The summed E-state index contributed by atoms with van der Waals surface area (Å²) in [4.78, 5) is 4.59. The van der Waals surface area contributed by atoms with E-state index in [2.05, 4.69) is 23.9 Å². The third kappa shape index (κ3) is 3.01. The normalized spacial score (nSPS) is 22.6. The van der Waals surface area contributed by atoms with Gasteiger partial charge < -0.3 is 15.1 Å². The molecule has 0 spiro atoms. The van der Waals surface area contributed by atoms with Gasteiger partial charge in [0.05, 0.1) is 5.56 Å². The second-order valence-corrected chi connectivity index (χ2v) is 5.64. The summed E-state index contributed by atoms with van der Waals surface area (Å²) >= 11 is 0. The number of likely N-dealkylation sites (N-methyl/N-ethyl adjacent to an activating group) is 1. The van der Waals surface area contributed by atoms with E-state index in [9.17, 15) is 10.2 Å². The molecule has 19 heavy (non-hydrogen) atoms. The van der Waals surface area contributed by atoms with Gasteiger partial charge in [0.25, 0.3) is 0 Å². The van der Waals surface area contributed by atoms with Crippen molar-refractivity contribution < 1.29 is 10.2 Å². The van der Waals surface area contributed by atoms with Crippen molar-refractivity contribution in [1.29, 1.82) is 0 Å². The number of benzene rings is 1. The van der Waals surface area contributed by atoms with Gasteiger partial charge in [0.1, 0.15) is 11.5 Å². The topological polar surface area (TPSA) is 46.9 Å². The largest absolute Gasteiger partial charge is 0.507 e. The van der Waals surface area contributed by atoms with Crippen LogP contribution in [0.5, 0.6) is 11.5 Å². The molecule has 1 aromatic carbocycles. The van der Waals surface area contributed by atoms with Crippen molar-refractivity contribution in [3.05, 3.63) is 23.8 Å². The van der Waals surface area contributed by atoms with E-state index in [0.29, 0.717) is 11.6 Å². The maximum absolute atomic E-state index is 9.97. The molecule has 0 radical (unpaired) electrons. The van der Waals surface area contributed by atoms with Gasteiger partial charge in [0, 0.05) is 18.6 Å². The summed E-state index contributed by atoms with van der Waals surface area (Å²) in [5.41, 5.74) is 0.641. The summed E-state index contributed by atoms with van der Waals surface area (Å²) in [7, 11) is 4.21. The number of likely N-dealkylation sites (tertiary alicyclic amines) is 1. The monoisotopic (exact) mass is 264 g/mol. The Hall–Kier alpha value is -1.26. The highest BCUT2D eigenvalue weighted by atomic mass is 16.3. The first kappa shape index (κ1) is 14.2. The molecule has 2 N–H and O–H groups in total. The fraction of sp³-hybridized carbons (Fsp3) is 0.600. The zero-order valence-electron chi connectivity index (χ0n) is 12.0. The average molecular weight is 264 g/mol. The first-order chi connectivity index (χ1) is 9.00. The fourth-order valence-corrected chi connectivity index (χ4v) is 2.91. The summed E-state index contributed by atoms with van der Waals surface area (Å²) in [5, 5.41) is 19.9. The van der Waals surface area contributed by atoms with Crippen LogP contribution in [0.1, 0.15) is 31.4 Å². The molecule has 0 amide bonds. The van der Waals surface area contributed by atoms with Crippen molar-refractivity contribution in [1.82, 2.24) is 9.80 Å². The fourth-order valence-electron chi connectivity index (χ4n) is 2.91. The maximum atomic E-state index is 9.97. The van der Waals surface area contributed by atoms with Crippen LogP contribution in [0.4, 0.5) is 0 Å². The minimum atomic E-state index is 0.0314. The smallest absolute Gasteiger partial charge is 0.124 e. The predicted molar refractivity (Wildman–Crippen MR) is 76.5 cm³/mol. The molecule has 1 fully saturated rings. The Bertz CT molecular complexity index is 414. The van der Waals surface area contributed by atoms with Gasteiger partial charge in [-0.25, -0.2) is 0 Å². The van der Waals surface area contributed by atoms with Crippen molar-refractivity contribution in [3.63, 3.8) is 0 Å². The van der Waals surface area contributed by atoms with Gasteiger partial charge in [0.15, 0.2) is 0 Å². The van der Waals surface area contributed by atoms with Crippen molar-refractivity contribution in [3.8, 4) is 11.5 Å². The lowest BCUT2D eigenvalue weighted by atomic mass is 9.98. The number of hydrogen-bond acceptors (Lipinski definition) is 4. The Morgan fingerprint density at radius 2 is 1.89 bits per heavy atom. The lowest BCUT2D eigenvalue weighted by Gasteiger charge is -2.39. The number of phenolic OH excluding ortho intramolecular Hbond substituents is 2. The summed E-state index contributed by atoms with van der Waals surface area (Å²) in [5.74, 6) is 0.360. The van der Waals surface area contributed by atoms with Crippen molar-refractivity contribution >= 4 is 0 Å². The Kier molecular flexibility index (Phi) is 4.32. The van der Waals surface area contributed by atoms with E-state index >= 15 is 0 Å². The molecule has 0 aliphatic carbocycles. The molecule has 1 saturated heterocycles. The van der Waals surface area contributed by atoms with Gasteiger partial charge in [-0.15, -0.1) is 0 Å². The van der Waals surface area contributed by atoms with Crippen LogP contribution in [0.15, 0.2) is 18.2 Å². The molecule has 2 atom stereocenters. The molecule has 0 aromatic heterocycles. The summed E-state index contributed by atoms with van der Waals surface area (Å²) in [6.07, 6.45) is 2.37. The third-order valence-corrected chi connectivity index (χ3v) is 4.18. The number of phenols is 2. The highest BCUT2D eigenvalue weighted by Crippen LogP contribution is 2.36. The van der Waals surface area contributed by atoms with Gasteiger partial charge in [-0.05, 0) is 52.5 Å². The first-order valence-corrected chi connectivity index (χ1v) is 6.92. The molecule has 4 nitrogen and oxygen atoms in total. The molecule has 0 saturated carbocycles. The van der Waals surface area contributed by atoms with Crippen LogP contribution in [-0.4, -0.2) is 53.2 Å². The Morgan fingerprint density at radius 3 is 2.47 bits per heavy atom. The van der Waals surface area contributed by atoms with Crippen molar-refractivity contribution in [2.75, 3.05) is 27.2 Å². The Morgan fingerprint density at radius 1 is 1.26 bits per heavy atom. The molecular formula is C15H24N2O2. The van der Waals surface area contributed by atoms with Crippen LogP contribution in [0.3, 0.4) is 0 Å². The Balaban J connectivity index is 2.17. The minimum absolute atomic E-state index is 0.0314. The second-order valence-electron chi connectivity index (χ2n) is 5.64. The number of hydrogen-bond donors (Lipinski definition) is 2. The van der Waals surface area contributed by atoms with E-state index in [0.717, 1.165) is 19.5 Å². The van der Waals surface area contributed by atoms with Crippen LogP contribution < -0.4 is 0 Å². The van der Waals surface area contributed by atoms with Crippen LogP contribution >= 0.6 is 0 Å². The van der Waals surface area contributed by atoms with E-state index in [-0.39, 0.29) is 17.5 Å². The predicted octanol–water partition coefficient (Wildman–Crippen LogP) is 2.18. The molecular weight excluding hydrogens is 240 g/mol. The SMILES string of the molecule is CC(c1c(O)cccc1O)N1CCCC(N(C)C)C1. The molecule has 1 aliphatic heterocycles. The molecule has 2 unspecified atom stereocenters. The molecule has 106 valence electrons. The molecule has 4 heteroatoms. The summed E-state index contributed by atoms with van der Waals surface area (Å²) in [6, 6.07) is 5.52. The lowest BCUT2D eigenvalue weighted by Crippen LogP contribution is -2.45. The van der Waals surface area contributed by atoms with Crippen LogP contribution in [0, 0.1) is 0 Å². The zero-order valence-corrected chi connectivity index (χ0v) is 12.0. The molecule has 0 bridgehead atoms. The lowest BCUT2D eigenvalue weighted by molar-refractivity contribution is 0.100. The third-order valence-electron chi connectivity index (χ3n) is 4.18. The van der Waals surface area contributed by atoms with Crippen LogP contribution in [0.25, 0.3) is 0 Å². The number of aromatic hydroxyl groups is 2. The van der Waals surface area contributed by atoms with Gasteiger partial charge in [0.2, 0.25) is 0 Å². The summed E-state index contributed by atoms with van der Waals surface area (Å²) in [6.45, 7) is 4.04. The minimum Gasteiger partial charge on any atom is -0.507 e. The zero-order chi connectivity index (χ0) is 14.0. The van der Waals surface area contributed by atoms with Crippen molar-refractivity contribution in [2.24, 2.45) is 0 Å². The number of piperidine rings is 1. The number of nitrogens with zero attached hydrogens (tertiary/aromatic N) is 2. The average Bonchev–Trinajstić information content (AvgIpc) is 2.38. The van der Waals surface area contributed by atoms with Gasteiger partial charge in [-0.3, -0.25) is 4.90 Å².